The molecular weight excluding hydrogens is 286 g/mol. The number of rotatable bonds is 5. The fourth-order valence-corrected chi connectivity index (χ4v) is 1.90. The van der Waals surface area contributed by atoms with Crippen molar-refractivity contribution in [1.82, 2.24) is 5.16 Å². The molecule has 0 aliphatic heterocycles. The maximum absolute atomic E-state index is 12.0. The van der Waals surface area contributed by atoms with Crippen molar-refractivity contribution in [2.75, 3.05) is 23.9 Å². The molecule has 7 nitrogen and oxygen atoms in total. The highest BCUT2D eigenvalue weighted by Gasteiger charge is 2.16. The van der Waals surface area contributed by atoms with E-state index >= 15 is 0 Å². The maximum atomic E-state index is 12.0. The first-order valence-corrected chi connectivity index (χ1v) is 6.65. The second-order valence-electron chi connectivity index (χ2n) is 4.67. The fourth-order valence-electron chi connectivity index (χ4n) is 1.90. The third-order valence-electron chi connectivity index (χ3n) is 2.96. The molecule has 1 aromatic heterocycles. The molecule has 0 atom stereocenters. The molecule has 0 unspecified atom stereocenters. The number of aryl methyl sites for hydroxylation is 1. The van der Waals surface area contributed by atoms with E-state index in [2.05, 4.69) is 10.5 Å². The van der Waals surface area contributed by atoms with Crippen molar-refractivity contribution in [2.45, 2.75) is 13.8 Å². The van der Waals surface area contributed by atoms with E-state index in [4.69, 9.17) is 9.26 Å². The average molecular weight is 303 g/mol. The van der Waals surface area contributed by atoms with Crippen molar-refractivity contribution in [3.63, 3.8) is 0 Å². The van der Waals surface area contributed by atoms with Crippen molar-refractivity contribution in [3.8, 4) is 5.75 Å². The molecule has 0 spiro atoms. The number of nitrogens with zero attached hydrogens (tertiary/aromatic N) is 2. The molecule has 0 aliphatic carbocycles. The molecule has 2 rings (SSSR count). The molecule has 1 N–H and O–H groups in total. The normalized spacial score (nSPS) is 10.1. The highest BCUT2D eigenvalue weighted by Crippen LogP contribution is 2.19. The minimum Gasteiger partial charge on any atom is -0.497 e. The van der Waals surface area contributed by atoms with Gasteiger partial charge in [0.2, 0.25) is 11.8 Å². The van der Waals surface area contributed by atoms with Crippen LogP contribution in [0.15, 0.2) is 34.9 Å². The van der Waals surface area contributed by atoms with Gasteiger partial charge in [0.25, 0.3) is 0 Å². The Balaban J connectivity index is 2.07. The van der Waals surface area contributed by atoms with Crippen LogP contribution in [0.3, 0.4) is 0 Å². The second kappa shape index (κ2) is 6.75. The van der Waals surface area contributed by atoms with E-state index in [0.29, 0.717) is 23.0 Å². The number of ether oxygens (including phenoxy) is 1. The van der Waals surface area contributed by atoms with Gasteiger partial charge in [-0.05, 0) is 31.2 Å². The zero-order chi connectivity index (χ0) is 16.1. The van der Waals surface area contributed by atoms with Gasteiger partial charge in [0.05, 0.1) is 7.11 Å². The standard InChI is InChI=1S/C15H17N3O4/c1-10-8-14(17-22-10)16-15(20)9-18(11(2)19)12-4-6-13(21-3)7-5-12/h4-8H,9H2,1-3H3,(H,16,17,20). The van der Waals surface area contributed by atoms with Gasteiger partial charge in [-0.1, -0.05) is 5.16 Å². The summed E-state index contributed by atoms with van der Waals surface area (Å²) < 4.78 is 9.94. The largest absolute Gasteiger partial charge is 0.497 e. The molecule has 1 heterocycles. The Bertz CT molecular complexity index is 664. The number of methoxy groups -OCH3 is 1. The molecule has 0 saturated carbocycles. The van der Waals surface area contributed by atoms with Crippen molar-refractivity contribution in [3.05, 3.63) is 36.1 Å². The highest BCUT2D eigenvalue weighted by molar-refractivity contribution is 6.01. The van der Waals surface area contributed by atoms with Crippen LogP contribution >= 0.6 is 0 Å². The summed E-state index contributed by atoms with van der Waals surface area (Å²) in [6.45, 7) is 3.01. The summed E-state index contributed by atoms with van der Waals surface area (Å²) in [6.07, 6.45) is 0. The van der Waals surface area contributed by atoms with Gasteiger partial charge in [0.15, 0.2) is 5.82 Å². The quantitative estimate of drug-likeness (QED) is 0.913. The predicted octanol–water partition coefficient (Wildman–Crippen LogP) is 1.98. The molecule has 0 saturated heterocycles. The lowest BCUT2D eigenvalue weighted by molar-refractivity contribution is -0.120. The number of nitrogens with one attached hydrogen (secondary N) is 1. The van der Waals surface area contributed by atoms with Gasteiger partial charge in [-0.2, -0.15) is 0 Å². The molecule has 22 heavy (non-hydrogen) atoms. The third kappa shape index (κ3) is 3.85. The fraction of sp³-hybridized carbons (Fsp3) is 0.267. The van der Waals surface area contributed by atoms with Crippen LogP contribution in [0.25, 0.3) is 0 Å². The summed E-state index contributed by atoms with van der Waals surface area (Å²) in [5.41, 5.74) is 0.611. The van der Waals surface area contributed by atoms with Gasteiger partial charge in [-0.25, -0.2) is 0 Å². The monoisotopic (exact) mass is 303 g/mol. The summed E-state index contributed by atoms with van der Waals surface area (Å²) in [5, 5.41) is 6.25. The van der Waals surface area contributed by atoms with E-state index in [1.807, 2.05) is 0 Å². The van der Waals surface area contributed by atoms with Crippen LogP contribution < -0.4 is 15.0 Å². The second-order valence-corrected chi connectivity index (χ2v) is 4.67. The van der Waals surface area contributed by atoms with E-state index in [1.165, 1.54) is 11.8 Å². The Kier molecular flexibility index (Phi) is 4.77. The summed E-state index contributed by atoms with van der Waals surface area (Å²) in [7, 11) is 1.56. The molecular formula is C15H17N3O4. The first kappa shape index (κ1) is 15.6. The molecule has 0 aliphatic rings. The lowest BCUT2D eigenvalue weighted by Gasteiger charge is -2.20. The number of hydrogen-bond donors (Lipinski definition) is 1. The SMILES string of the molecule is COc1ccc(N(CC(=O)Nc2cc(C)on2)C(C)=O)cc1. The minimum atomic E-state index is -0.362. The molecule has 0 bridgehead atoms. The molecule has 0 fully saturated rings. The number of carbonyl (C=O) groups is 2. The van der Waals surface area contributed by atoms with Crippen molar-refractivity contribution < 1.29 is 18.8 Å². The van der Waals surface area contributed by atoms with E-state index in [9.17, 15) is 9.59 Å². The van der Waals surface area contributed by atoms with Crippen LogP contribution in [0, 0.1) is 6.92 Å². The average Bonchev–Trinajstić information content (AvgIpc) is 2.89. The lowest BCUT2D eigenvalue weighted by atomic mass is 10.2. The molecule has 0 radical (unpaired) electrons. The van der Waals surface area contributed by atoms with Crippen molar-refractivity contribution >= 4 is 23.3 Å². The summed E-state index contributed by atoms with van der Waals surface area (Å²) in [6, 6.07) is 8.49. The van der Waals surface area contributed by atoms with Gasteiger partial charge in [-0.15, -0.1) is 0 Å². The van der Waals surface area contributed by atoms with Gasteiger partial charge < -0.3 is 19.5 Å². The summed E-state index contributed by atoms with van der Waals surface area (Å²) >= 11 is 0. The number of aromatic nitrogens is 1. The Hall–Kier alpha value is -2.83. The number of amides is 2. The highest BCUT2D eigenvalue weighted by atomic mass is 16.5. The zero-order valence-corrected chi connectivity index (χ0v) is 12.6. The maximum Gasteiger partial charge on any atom is 0.245 e. The number of anilines is 2. The number of carbonyl (C=O) groups excluding carboxylic acids is 2. The van der Waals surface area contributed by atoms with Gasteiger partial charge >= 0.3 is 0 Å². The summed E-state index contributed by atoms with van der Waals surface area (Å²) in [5.74, 6) is 0.986. The first-order chi connectivity index (χ1) is 10.5. The first-order valence-electron chi connectivity index (χ1n) is 6.65. The molecule has 2 amide bonds. The Morgan fingerprint density at radius 1 is 1.32 bits per heavy atom. The van der Waals surface area contributed by atoms with Gasteiger partial charge in [0, 0.05) is 18.7 Å². The van der Waals surface area contributed by atoms with Crippen LogP contribution in [-0.2, 0) is 9.59 Å². The summed E-state index contributed by atoms with van der Waals surface area (Å²) in [4.78, 5) is 25.2. The van der Waals surface area contributed by atoms with E-state index in [0.717, 1.165) is 0 Å². The molecule has 2 aromatic rings. The van der Waals surface area contributed by atoms with Crippen LogP contribution in [0.5, 0.6) is 5.75 Å². The third-order valence-corrected chi connectivity index (χ3v) is 2.96. The van der Waals surface area contributed by atoms with E-state index in [-0.39, 0.29) is 18.4 Å². The lowest BCUT2D eigenvalue weighted by Crippen LogP contribution is -2.36. The molecule has 116 valence electrons. The van der Waals surface area contributed by atoms with Crippen molar-refractivity contribution in [2.24, 2.45) is 0 Å². The minimum absolute atomic E-state index is 0.117. The zero-order valence-electron chi connectivity index (χ0n) is 12.6. The predicted molar refractivity (Wildman–Crippen MR) is 80.9 cm³/mol. The topological polar surface area (TPSA) is 84.7 Å². The Labute approximate surface area is 127 Å². The number of benzene rings is 1. The van der Waals surface area contributed by atoms with Crippen molar-refractivity contribution in [1.29, 1.82) is 0 Å². The number of hydrogen-bond acceptors (Lipinski definition) is 5. The van der Waals surface area contributed by atoms with Crippen LogP contribution in [0.2, 0.25) is 0 Å². The Morgan fingerprint density at radius 2 is 2.00 bits per heavy atom. The molecule has 1 aromatic carbocycles. The smallest absolute Gasteiger partial charge is 0.245 e. The van der Waals surface area contributed by atoms with Crippen LogP contribution in [-0.4, -0.2) is 30.6 Å². The van der Waals surface area contributed by atoms with Gasteiger partial charge in [0.1, 0.15) is 18.1 Å². The van der Waals surface area contributed by atoms with E-state index in [1.54, 1.807) is 44.4 Å². The van der Waals surface area contributed by atoms with Crippen LogP contribution in [0.1, 0.15) is 12.7 Å². The van der Waals surface area contributed by atoms with Crippen LogP contribution in [0.4, 0.5) is 11.5 Å². The molecule has 7 heteroatoms. The van der Waals surface area contributed by atoms with E-state index < -0.39 is 0 Å². The van der Waals surface area contributed by atoms with Gasteiger partial charge in [-0.3, -0.25) is 9.59 Å². The Morgan fingerprint density at radius 3 is 2.50 bits per heavy atom.